The van der Waals surface area contributed by atoms with Crippen molar-refractivity contribution in [1.29, 1.82) is 0 Å². The first-order chi connectivity index (χ1) is 25.1. The summed E-state index contributed by atoms with van der Waals surface area (Å²) in [6.07, 6.45) is 5.48. The fraction of sp³-hybridized carbons (Fsp3) is 0.0612. The van der Waals surface area contributed by atoms with E-state index in [4.69, 9.17) is 0 Å². The monoisotopic (exact) mass is 654 g/mol. The van der Waals surface area contributed by atoms with Crippen LogP contribution in [0.5, 0.6) is 0 Å². The van der Waals surface area contributed by atoms with Gasteiger partial charge in [-0.05, 0) is 118 Å². The van der Waals surface area contributed by atoms with Crippen LogP contribution in [-0.4, -0.2) is 9.13 Å². The van der Waals surface area contributed by atoms with Gasteiger partial charge < -0.3 is 9.13 Å². The van der Waals surface area contributed by atoms with Crippen molar-refractivity contribution in [3.8, 4) is 45.0 Å². The predicted octanol–water partition coefficient (Wildman–Crippen LogP) is 13.5. The van der Waals surface area contributed by atoms with Gasteiger partial charge in [0, 0.05) is 22.1 Å². The first kappa shape index (κ1) is 30.7. The molecule has 0 spiro atoms. The van der Waals surface area contributed by atoms with E-state index >= 15 is 0 Å². The molecule has 0 saturated carbocycles. The van der Waals surface area contributed by atoms with Crippen LogP contribution in [0.4, 0.5) is 0 Å². The molecule has 7 aromatic carbocycles. The van der Waals surface area contributed by atoms with E-state index in [1.807, 2.05) is 0 Å². The number of aromatic nitrogens is 2. The fourth-order valence-corrected chi connectivity index (χ4v) is 7.51. The Kier molecular flexibility index (Phi) is 7.71. The maximum absolute atomic E-state index is 2.39. The number of allylic oxidation sites excluding steroid dienone is 1. The van der Waals surface area contributed by atoms with Gasteiger partial charge in [-0.3, -0.25) is 0 Å². The van der Waals surface area contributed by atoms with Crippen LogP contribution in [0, 0.1) is 6.92 Å². The number of para-hydroxylation sites is 2. The van der Waals surface area contributed by atoms with Crippen molar-refractivity contribution in [3.63, 3.8) is 0 Å². The first-order valence-electron chi connectivity index (χ1n) is 17.8. The van der Waals surface area contributed by atoms with Crippen LogP contribution in [0.15, 0.2) is 176 Å². The molecular weight excluding hydrogens is 617 g/mol. The summed E-state index contributed by atoms with van der Waals surface area (Å²) in [5, 5.41) is 4.97. The van der Waals surface area contributed by atoms with Gasteiger partial charge in [0.05, 0.1) is 22.4 Å². The van der Waals surface area contributed by atoms with E-state index in [0.29, 0.717) is 0 Å². The van der Waals surface area contributed by atoms with Gasteiger partial charge in [-0.15, -0.1) is 0 Å². The highest BCUT2D eigenvalue weighted by Crippen LogP contribution is 2.36. The van der Waals surface area contributed by atoms with Gasteiger partial charge in [-0.2, -0.15) is 0 Å². The Hall–Kier alpha value is -6.38. The van der Waals surface area contributed by atoms with Crippen LogP contribution >= 0.6 is 0 Å². The molecule has 2 aromatic heterocycles. The van der Waals surface area contributed by atoms with Crippen molar-refractivity contribution in [2.45, 2.75) is 20.3 Å². The van der Waals surface area contributed by atoms with Crippen LogP contribution in [0.2, 0.25) is 0 Å². The Morgan fingerprint density at radius 3 is 1.45 bits per heavy atom. The van der Waals surface area contributed by atoms with Gasteiger partial charge in [0.15, 0.2) is 0 Å². The van der Waals surface area contributed by atoms with E-state index in [1.165, 1.54) is 77.3 Å². The number of hydrogen-bond donors (Lipinski definition) is 0. The number of nitrogens with zero attached hydrogens (tertiary/aromatic N) is 2. The third-order valence-corrected chi connectivity index (χ3v) is 10.1. The second-order valence-corrected chi connectivity index (χ2v) is 13.4. The fourth-order valence-electron chi connectivity index (χ4n) is 7.51. The maximum Gasteiger partial charge on any atom is 0.0541 e. The molecule has 0 amide bonds. The highest BCUT2D eigenvalue weighted by molar-refractivity contribution is 5.93. The molecule has 51 heavy (non-hydrogen) atoms. The first-order valence-corrected chi connectivity index (χ1v) is 17.8. The Morgan fingerprint density at radius 2 is 0.902 bits per heavy atom. The minimum atomic E-state index is 1.03. The predicted molar refractivity (Wildman–Crippen MR) is 218 cm³/mol. The lowest BCUT2D eigenvalue weighted by atomic mass is 10.0. The molecule has 244 valence electrons. The minimum Gasteiger partial charge on any atom is -0.309 e. The summed E-state index contributed by atoms with van der Waals surface area (Å²) in [5.74, 6) is 0. The molecule has 0 unspecified atom stereocenters. The van der Waals surface area contributed by atoms with E-state index in [1.54, 1.807) is 0 Å². The number of rotatable bonds is 7. The molecule has 0 saturated heterocycles. The Bertz CT molecular complexity index is 2720. The van der Waals surface area contributed by atoms with Gasteiger partial charge in [-0.25, -0.2) is 0 Å². The zero-order valence-corrected chi connectivity index (χ0v) is 28.9. The molecule has 0 atom stereocenters. The molecule has 0 bridgehead atoms. The Morgan fingerprint density at radius 1 is 0.431 bits per heavy atom. The highest BCUT2D eigenvalue weighted by atomic mass is 15.0. The molecule has 2 heteroatoms. The van der Waals surface area contributed by atoms with E-state index in [0.717, 1.165) is 17.8 Å². The van der Waals surface area contributed by atoms with Crippen LogP contribution in [-0.2, 0) is 0 Å². The van der Waals surface area contributed by atoms with Gasteiger partial charge in [0.25, 0.3) is 0 Å². The van der Waals surface area contributed by atoms with Crippen molar-refractivity contribution >= 4 is 38.7 Å². The van der Waals surface area contributed by atoms with Crippen molar-refractivity contribution < 1.29 is 0 Å². The summed E-state index contributed by atoms with van der Waals surface area (Å²) in [6.45, 7) is 4.38. The summed E-state index contributed by atoms with van der Waals surface area (Å²) < 4.78 is 4.78. The zero-order chi connectivity index (χ0) is 34.3. The summed E-state index contributed by atoms with van der Waals surface area (Å²) in [5.41, 5.74) is 14.5. The van der Waals surface area contributed by atoms with E-state index < -0.39 is 0 Å². The summed E-state index contributed by atoms with van der Waals surface area (Å²) in [6, 6.07) is 62.1. The molecular formula is C49H38N2. The molecule has 9 aromatic rings. The Balaban J connectivity index is 1.07. The normalized spacial score (nSPS) is 11.7. The van der Waals surface area contributed by atoms with Gasteiger partial charge >= 0.3 is 0 Å². The van der Waals surface area contributed by atoms with Crippen molar-refractivity contribution in [3.05, 3.63) is 187 Å². The third-order valence-electron chi connectivity index (χ3n) is 10.1. The number of benzene rings is 7. The van der Waals surface area contributed by atoms with E-state index in [9.17, 15) is 0 Å². The van der Waals surface area contributed by atoms with E-state index in [2.05, 4.69) is 205 Å². The molecule has 0 radical (unpaired) electrons. The third kappa shape index (κ3) is 5.56. The van der Waals surface area contributed by atoms with Gasteiger partial charge in [0.2, 0.25) is 0 Å². The van der Waals surface area contributed by atoms with Gasteiger partial charge in [-0.1, -0.05) is 128 Å². The second kappa shape index (κ2) is 12.8. The van der Waals surface area contributed by atoms with Crippen LogP contribution in [0.3, 0.4) is 0 Å². The molecule has 0 aliphatic rings. The average molecular weight is 655 g/mol. The Labute approximate surface area is 299 Å². The molecule has 0 aliphatic carbocycles. The molecule has 2 heterocycles. The molecule has 2 nitrogen and oxygen atoms in total. The van der Waals surface area contributed by atoms with Crippen molar-refractivity contribution in [2.24, 2.45) is 0 Å². The molecule has 0 N–H and O–H groups in total. The summed E-state index contributed by atoms with van der Waals surface area (Å²) in [7, 11) is 0. The molecule has 0 aliphatic heterocycles. The lowest BCUT2D eigenvalue weighted by Gasteiger charge is -2.14. The largest absolute Gasteiger partial charge is 0.309 e. The standard InChI is InChI=1S/C49H38N2/c1-3-4-11-35-18-20-42(30-34(35)2)48-32-40-14-7-9-16-46(40)50(48)44-26-22-37(23-27-44)38-24-28-45(29-25-38)51-47-17-10-8-15-41(47)33-49(51)43-21-19-36-12-5-6-13-39(36)31-43/h4-33H,3H2,1-2H3/b11-4-. The number of fused-ring (bicyclic) bond motifs is 3. The average Bonchev–Trinajstić information content (AvgIpc) is 3.77. The molecule has 0 fully saturated rings. The summed E-state index contributed by atoms with van der Waals surface area (Å²) >= 11 is 0. The second-order valence-electron chi connectivity index (χ2n) is 13.4. The molecule has 9 rings (SSSR count). The summed E-state index contributed by atoms with van der Waals surface area (Å²) in [4.78, 5) is 0. The lowest BCUT2D eigenvalue weighted by Crippen LogP contribution is -1.98. The topological polar surface area (TPSA) is 9.86 Å². The van der Waals surface area contributed by atoms with E-state index in [-0.39, 0.29) is 0 Å². The minimum absolute atomic E-state index is 1.03. The SMILES string of the molecule is CC/C=C\c1ccc(-c2cc3ccccc3n2-c2ccc(-c3ccc(-n4c(-c5ccc6ccccc6c5)cc5ccccc54)cc3)cc2)cc1C. The quantitative estimate of drug-likeness (QED) is 0.162. The van der Waals surface area contributed by atoms with Crippen LogP contribution < -0.4 is 0 Å². The number of aryl methyl sites for hydroxylation is 1. The zero-order valence-electron chi connectivity index (χ0n) is 28.9. The van der Waals surface area contributed by atoms with Crippen LogP contribution in [0.25, 0.3) is 83.7 Å². The smallest absolute Gasteiger partial charge is 0.0541 e. The van der Waals surface area contributed by atoms with Crippen molar-refractivity contribution in [1.82, 2.24) is 9.13 Å². The maximum atomic E-state index is 2.39. The lowest BCUT2D eigenvalue weighted by molar-refractivity contribution is 1.13. The highest BCUT2D eigenvalue weighted by Gasteiger charge is 2.15. The number of hydrogen-bond acceptors (Lipinski definition) is 0. The van der Waals surface area contributed by atoms with Gasteiger partial charge in [0.1, 0.15) is 0 Å². The van der Waals surface area contributed by atoms with Crippen molar-refractivity contribution in [2.75, 3.05) is 0 Å². The van der Waals surface area contributed by atoms with Crippen LogP contribution in [0.1, 0.15) is 24.5 Å².